The molecule has 2 atom stereocenters. The molecule has 0 aromatic rings. The van der Waals surface area contributed by atoms with Gasteiger partial charge in [-0.15, -0.1) is 0 Å². The lowest BCUT2D eigenvalue weighted by molar-refractivity contribution is -0.141. The zero-order valence-electron chi connectivity index (χ0n) is 9.99. The lowest BCUT2D eigenvalue weighted by Crippen LogP contribution is -2.45. The number of carbonyl (C=O) groups is 1. The van der Waals surface area contributed by atoms with E-state index in [4.69, 9.17) is 9.84 Å². The van der Waals surface area contributed by atoms with Crippen molar-refractivity contribution in [1.29, 1.82) is 0 Å². The molecule has 0 aromatic heterocycles. The van der Waals surface area contributed by atoms with Crippen LogP contribution in [0.2, 0.25) is 0 Å². The molecule has 90 valence electrons. The van der Waals surface area contributed by atoms with Crippen molar-refractivity contribution in [2.24, 2.45) is 0 Å². The number of rotatable bonds is 8. The molecule has 0 saturated heterocycles. The first-order valence-corrected chi connectivity index (χ1v) is 5.10. The van der Waals surface area contributed by atoms with E-state index in [0.29, 0.717) is 0 Å². The minimum atomic E-state index is -0.867. The van der Waals surface area contributed by atoms with Gasteiger partial charge in [0, 0.05) is 13.2 Å². The Kier molecular flexibility index (Phi) is 7.29. The molecule has 2 N–H and O–H groups in total. The van der Waals surface area contributed by atoms with Crippen molar-refractivity contribution in [3.05, 3.63) is 0 Å². The maximum absolute atomic E-state index is 10.8. The first-order valence-electron chi connectivity index (χ1n) is 5.10. The van der Waals surface area contributed by atoms with Gasteiger partial charge in [-0.25, -0.2) is 0 Å². The van der Waals surface area contributed by atoms with Crippen LogP contribution in [0.3, 0.4) is 0 Å². The van der Waals surface area contributed by atoms with Gasteiger partial charge in [-0.1, -0.05) is 0 Å². The second-order valence-corrected chi connectivity index (χ2v) is 4.01. The van der Waals surface area contributed by atoms with Crippen LogP contribution in [0.25, 0.3) is 0 Å². The lowest BCUT2D eigenvalue weighted by atomic mass is 10.2. The van der Waals surface area contributed by atoms with E-state index < -0.39 is 12.0 Å². The number of methoxy groups -OCH3 is 1. The van der Waals surface area contributed by atoms with Crippen LogP contribution >= 0.6 is 0 Å². The molecule has 0 fully saturated rings. The molecule has 0 heterocycles. The summed E-state index contributed by atoms with van der Waals surface area (Å²) in [4.78, 5) is 12.9. The Labute approximate surface area is 91.4 Å². The summed E-state index contributed by atoms with van der Waals surface area (Å²) in [5.74, 6) is -0.867. The van der Waals surface area contributed by atoms with Crippen LogP contribution in [-0.2, 0) is 9.53 Å². The summed E-state index contributed by atoms with van der Waals surface area (Å²) >= 11 is 0. The highest BCUT2D eigenvalue weighted by molar-refractivity contribution is 5.73. The first-order chi connectivity index (χ1) is 6.97. The van der Waals surface area contributed by atoms with E-state index in [1.807, 2.05) is 21.0 Å². The number of aliphatic carboxylic acids is 1. The number of hydrogen-bond acceptors (Lipinski definition) is 4. The third-order valence-corrected chi connectivity index (χ3v) is 2.13. The highest BCUT2D eigenvalue weighted by Gasteiger charge is 2.18. The highest BCUT2D eigenvalue weighted by atomic mass is 16.5. The van der Waals surface area contributed by atoms with Crippen LogP contribution in [0.4, 0.5) is 0 Å². The monoisotopic (exact) mass is 218 g/mol. The standard InChI is InChI=1S/C10H22N2O3/c1-8(5-6-12(2)3)11-9(7-15-4)10(13)14/h8-9,11H,5-7H2,1-4H3,(H,13,14). The lowest BCUT2D eigenvalue weighted by Gasteiger charge is -2.20. The number of nitrogens with one attached hydrogen (secondary N) is 1. The molecule has 0 aliphatic heterocycles. The van der Waals surface area contributed by atoms with Gasteiger partial charge >= 0.3 is 5.97 Å². The van der Waals surface area contributed by atoms with Gasteiger partial charge in [0.1, 0.15) is 6.04 Å². The molecule has 0 aromatic carbocycles. The molecule has 0 aliphatic carbocycles. The van der Waals surface area contributed by atoms with Crippen molar-refractivity contribution < 1.29 is 14.6 Å². The largest absolute Gasteiger partial charge is 0.480 e. The van der Waals surface area contributed by atoms with E-state index in [-0.39, 0.29) is 12.6 Å². The molecule has 5 nitrogen and oxygen atoms in total. The summed E-state index contributed by atoms with van der Waals surface area (Å²) in [5.41, 5.74) is 0. The Bertz CT molecular complexity index is 186. The summed E-state index contributed by atoms with van der Waals surface area (Å²) in [7, 11) is 5.50. The predicted molar refractivity (Wildman–Crippen MR) is 59.1 cm³/mol. The van der Waals surface area contributed by atoms with Gasteiger partial charge in [0.25, 0.3) is 0 Å². The third kappa shape index (κ3) is 7.30. The topological polar surface area (TPSA) is 61.8 Å². The fraction of sp³-hybridized carbons (Fsp3) is 0.900. The van der Waals surface area contributed by atoms with E-state index >= 15 is 0 Å². The number of hydrogen-bond donors (Lipinski definition) is 2. The van der Waals surface area contributed by atoms with Crippen molar-refractivity contribution in [2.45, 2.75) is 25.4 Å². The van der Waals surface area contributed by atoms with Gasteiger partial charge in [0.2, 0.25) is 0 Å². The molecule has 15 heavy (non-hydrogen) atoms. The maximum Gasteiger partial charge on any atom is 0.323 e. The fourth-order valence-electron chi connectivity index (χ4n) is 1.24. The van der Waals surface area contributed by atoms with Crippen LogP contribution in [0, 0.1) is 0 Å². The molecule has 0 amide bonds. The normalized spacial score (nSPS) is 15.3. The van der Waals surface area contributed by atoms with Crippen molar-refractivity contribution in [3.63, 3.8) is 0 Å². The fourth-order valence-corrected chi connectivity index (χ4v) is 1.24. The molecule has 0 spiro atoms. The Hall–Kier alpha value is -0.650. The van der Waals surface area contributed by atoms with Crippen LogP contribution < -0.4 is 5.32 Å². The van der Waals surface area contributed by atoms with Gasteiger partial charge in [-0.2, -0.15) is 0 Å². The van der Waals surface area contributed by atoms with E-state index in [2.05, 4.69) is 10.2 Å². The van der Waals surface area contributed by atoms with Gasteiger partial charge in [-0.05, 0) is 34.0 Å². The van der Waals surface area contributed by atoms with Crippen molar-refractivity contribution in [3.8, 4) is 0 Å². The number of carboxylic acid groups (broad SMARTS) is 1. The molecule has 0 bridgehead atoms. The number of carboxylic acids is 1. The molecule has 0 rings (SSSR count). The number of ether oxygens (including phenoxy) is 1. The minimum Gasteiger partial charge on any atom is -0.480 e. The van der Waals surface area contributed by atoms with Gasteiger partial charge in [0.15, 0.2) is 0 Å². The molecular formula is C10H22N2O3. The summed E-state index contributed by atoms with van der Waals surface area (Å²) in [6.45, 7) is 3.12. The van der Waals surface area contributed by atoms with E-state index in [1.165, 1.54) is 7.11 Å². The number of nitrogens with zero attached hydrogens (tertiary/aromatic N) is 1. The SMILES string of the molecule is COCC(NC(C)CCN(C)C)C(=O)O. The Morgan fingerprint density at radius 2 is 2.13 bits per heavy atom. The van der Waals surface area contributed by atoms with Gasteiger partial charge in [-0.3, -0.25) is 10.1 Å². The highest BCUT2D eigenvalue weighted by Crippen LogP contribution is 1.96. The van der Waals surface area contributed by atoms with E-state index in [9.17, 15) is 4.79 Å². The quantitative estimate of drug-likeness (QED) is 0.601. The second kappa shape index (κ2) is 7.62. The predicted octanol–water partition coefficient (Wildman–Crippen LogP) is 0.0158. The van der Waals surface area contributed by atoms with Crippen LogP contribution in [-0.4, -0.2) is 62.4 Å². The van der Waals surface area contributed by atoms with Crippen molar-refractivity contribution in [1.82, 2.24) is 10.2 Å². The molecule has 0 saturated carbocycles. The van der Waals surface area contributed by atoms with Gasteiger partial charge in [0.05, 0.1) is 6.61 Å². The van der Waals surface area contributed by atoms with Gasteiger partial charge < -0.3 is 14.7 Å². The molecule has 0 aliphatic rings. The third-order valence-electron chi connectivity index (χ3n) is 2.13. The molecule has 0 radical (unpaired) electrons. The van der Waals surface area contributed by atoms with Crippen LogP contribution in [0.15, 0.2) is 0 Å². The second-order valence-electron chi connectivity index (χ2n) is 4.01. The van der Waals surface area contributed by atoms with Crippen molar-refractivity contribution in [2.75, 3.05) is 34.4 Å². The van der Waals surface area contributed by atoms with Crippen molar-refractivity contribution >= 4 is 5.97 Å². The first kappa shape index (κ1) is 14.3. The zero-order chi connectivity index (χ0) is 11.8. The van der Waals surface area contributed by atoms with Crippen LogP contribution in [0.5, 0.6) is 0 Å². The Morgan fingerprint density at radius 1 is 1.53 bits per heavy atom. The minimum absolute atomic E-state index is 0.170. The average molecular weight is 218 g/mol. The molecule has 5 heteroatoms. The zero-order valence-corrected chi connectivity index (χ0v) is 9.99. The summed E-state index contributed by atoms with van der Waals surface area (Å²) < 4.78 is 4.84. The van der Waals surface area contributed by atoms with Crippen LogP contribution in [0.1, 0.15) is 13.3 Å². The summed E-state index contributed by atoms with van der Waals surface area (Å²) in [5, 5.41) is 11.9. The maximum atomic E-state index is 10.8. The Morgan fingerprint density at radius 3 is 2.53 bits per heavy atom. The molecular weight excluding hydrogens is 196 g/mol. The molecule has 2 unspecified atom stereocenters. The summed E-state index contributed by atoms with van der Waals surface area (Å²) in [6.07, 6.45) is 0.917. The Balaban J connectivity index is 3.88. The average Bonchev–Trinajstić information content (AvgIpc) is 2.14. The van der Waals surface area contributed by atoms with E-state index in [1.54, 1.807) is 0 Å². The van der Waals surface area contributed by atoms with E-state index in [0.717, 1.165) is 13.0 Å². The summed E-state index contributed by atoms with van der Waals surface area (Å²) in [6, 6.07) is -0.448. The smallest absolute Gasteiger partial charge is 0.323 e.